The number of nitrogens with zero attached hydrogens (tertiary/aromatic N) is 3. The highest BCUT2D eigenvalue weighted by molar-refractivity contribution is 7.89. The highest BCUT2D eigenvalue weighted by Gasteiger charge is 2.31. The van der Waals surface area contributed by atoms with Gasteiger partial charge in [-0.15, -0.1) is 0 Å². The molecule has 8 heteroatoms. The third-order valence-electron chi connectivity index (χ3n) is 4.27. The normalized spacial score (nSPS) is 18.4. The van der Waals surface area contributed by atoms with Gasteiger partial charge in [0.2, 0.25) is 0 Å². The van der Waals surface area contributed by atoms with E-state index >= 15 is 0 Å². The van der Waals surface area contributed by atoms with E-state index in [1.54, 1.807) is 0 Å². The smallest absolute Gasteiger partial charge is 0.260 e. The first-order chi connectivity index (χ1) is 10.4. The summed E-state index contributed by atoms with van der Waals surface area (Å²) in [5, 5.41) is 9.29. The fourth-order valence-electron chi connectivity index (χ4n) is 2.88. The molecule has 126 valence electrons. The standard InChI is InChI=1S/C14H26N4O3S/c1-12(2)17(7-8-19)10-13-3-5-18(6-4-13)22(20,21)14-9-15-11-16-14/h9,11-13,19H,3-8,10H2,1-2H3,(H,15,16). The minimum Gasteiger partial charge on any atom is -0.395 e. The Morgan fingerprint density at radius 1 is 1.45 bits per heavy atom. The van der Waals surface area contributed by atoms with Crippen LogP contribution in [0.5, 0.6) is 0 Å². The lowest BCUT2D eigenvalue weighted by Crippen LogP contribution is -2.43. The van der Waals surface area contributed by atoms with Crippen LogP contribution in [-0.2, 0) is 10.0 Å². The molecule has 1 aliphatic rings. The largest absolute Gasteiger partial charge is 0.395 e. The zero-order chi connectivity index (χ0) is 16.2. The van der Waals surface area contributed by atoms with Crippen molar-refractivity contribution in [3.05, 3.63) is 12.5 Å². The number of aromatic amines is 1. The van der Waals surface area contributed by atoms with Crippen molar-refractivity contribution < 1.29 is 13.5 Å². The van der Waals surface area contributed by atoms with Crippen LogP contribution in [0.1, 0.15) is 26.7 Å². The fraction of sp³-hybridized carbons (Fsp3) is 0.786. The molecule has 7 nitrogen and oxygen atoms in total. The highest BCUT2D eigenvalue weighted by Crippen LogP contribution is 2.23. The zero-order valence-electron chi connectivity index (χ0n) is 13.3. The SMILES string of the molecule is CC(C)N(CCO)CC1CCN(S(=O)(=O)c2cnc[nH]2)CC1. The molecular formula is C14H26N4O3S. The fourth-order valence-corrected chi connectivity index (χ4v) is 4.24. The third kappa shape index (κ3) is 4.07. The quantitative estimate of drug-likeness (QED) is 0.760. The summed E-state index contributed by atoms with van der Waals surface area (Å²) in [6.45, 7) is 7.06. The number of imidazole rings is 1. The summed E-state index contributed by atoms with van der Waals surface area (Å²) in [5.41, 5.74) is 0. The number of aliphatic hydroxyl groups is 1. The molecule has 0 atom stereocenters. The Morgan fingerprint density at radius 3 is 2.64 bits per heavy atom. The average molecular weight is 330 g/mol. The first-order valence-corrected chi connectivity index (χ1v) is 9.22. The molecule has 0 saturated carbocycles. The van der Waals surface area contributed by atoms with Gasteiger partial charge in [0.05, 0.1) is 19.1 Å². The van der Waals surface area contributed by atoms with Crippen molar-refractivity contribution in [3.8, 4) is 0 Å². The van der Waals surface area contributed by atoms with Crippen LogP contribution < -0.4 is 0 Å². The monoisotopic (exact) mass is 330 g/mol. The second kappa shape index (κ2) is 7.54. The van der Waals surface area contributed by atoms with E-state index in [1.165, 1.54) is 16.8 Å². The summed E-state index contributed by atoms with van der Waals surface area (Å²) in [4.78, 5) is 8.71. The van der Waals surface area contributed by atoms with Crippen LogP contribution in [0.15, 0.2) is 17.6 Å². The molecule has 0 aliphatic carbocycles. The number of aliphatic hydroxyl groups excluding tert-OH is 1. The van der Waals surface area contributed by atoms with Crippen LogP contribution in [-0.4, -0.2) is 71.5 Å². The van der Waals surface area contributed by atoms with E-state index in [9.17, 15) is 8.42 Å². The number of H-pyrrole nitrogens is 1. The van der Waals surface area contributed by atoms with Crippen molar-refractivity contribution in [2.24, 2.45) is 5.92 Å². The van der Waals surface area contributed by atoms with Gasteiger partial charge in [-0.3, -0.25) is 4.90 Å². The molecule has 0 unspecified atom stereocenters. The van der Waals surface area contributed by atoms with Gasteiger partial charge in [0.1, 0.15) is 0 Å². The Balaban J connectivity index is 1.90. The molecule has 0 spiro atoms. The summed E-state index contributed by atoms with van der Waals surface area (Å²) in [6.07, 6.45) is 4.43. The maximum Gasteiger partial charge on any atom is 0.260 e. The summed E-state index contributed by atoms with van der Waals surface area (Å²) in [6, 6.07) is 0.388. The molecule has 2 rings (SSSR count). The first kappa shape index (κ1) is 17.4. The number of rotatable bonds is 7. The predicted octanol–water partition coefficient (Wildman–Crippen LogP) is 0.513. The van der Waals surface area contributed by atoms with Gasteiger partial charge in [-0.25, -0.2) is 13.4 Å². The van der Waals surface area contributed by atoms with Crippen LogP contribution in [0.4, 0.5) is 0 Å². The number of hydrogen-bond acceptors (Lipinski definition) is 5. The molecule has 0 aromatic carbocycles. The van der Waals surface area contributed by atoms with Gasteiger partial charge in [-0.1, -0.05) is 0 Å². The van der Waals surface area contributed by atoms with Gasteiger partial charge < -0.3 is 10.1 Å². The van der Waals surface area contributed by atoms with Gasteiger partial charge in [0, 0.05) is 32.2 Å². The average Bonchev–Trinajstić information content (AvgIpc) is 3.02. The van der Waals surface area contributed by atoms with E-state index in [2.05, 4.69) is 28.7 Å². The van der Waals surface area contributed by atoms with Crippen LogP contribution in [0.2, 0.25) is 0 Å². The number of sulfonamides is 1. The molecule has 1 aromatic heterocycles. The second-order valence-electron chi connectivity index (χ2n) is 6.08. The van der Waals surface area contributed by atoms with Gasteiger partial charge >= 0.3 is 0 Å². The Labute approximate surface area is 132 Å². The molecule has 1 fully saturated rings. The number of aromatic nitrogens is 2. The molecule has 22 heavy (non-hydrogen) atoms. The van der Waals surface area contributed by atoms with Crippen LogP contribution in [0.25, 0.3) is 0 Å². The Morgan fingerprint density at radius 2 is 2.14 bits per heavy atom. The number of piperidine rings is 1. The van der Waals surface area contributed by atoms with Crippen molar-refractivity contribution in [1.82, 2.24) is 19.2 Å². The molecule has 1 saturated heterocycles. The van der Waals surface area contributed by atoms with Crippen molar-refractivity contribution in [1.29, 1.82) is 0 Å². The van der Waals surface area contributed by atoms with Gasteiger partial charge in [-0.05, 0) is 32.6 Å². The minimum atomic E-state index is -3.44. The second-order valence-corrected chi connectivity index (χ2v) is 7.98. The van der Waals surface area contributed by atoms with Crippen molar-refractivity contribution in [2.45, 2.75) is 37.8 Å². The van der Waals surface area contributed by atoms with Crippen LogP contribution in [0, 0.1) is 5.92 Å². The Kier molecular flexibility index (Phi) is 5.96. The summed E-state index contributed by atoms with van der Waals surface area (Å²) >= 11 is 0. The zero-order valence-corrected chi connectivity index (χ0v) is 14.1. The molecule has 0 amide bonds. The van der Waals surface area contributed by atoms with Crippen molar-refractivity contribution in [3.63, 3.8) is 0 Å². The molecule has 1 aromatic rings. The molecule has 0 bridgehead atoms. The minimum absolute atomic E-state index is 0.158. The lowest BCUT2D eigenvalue weighted by Gasteiger charge is -2.35. The van der Waals surface area contributed by atoms with E-state index < -0.39 is 10.0 Å². The molecular weight excluding hydrogens is 304 g/mol. The Hall–Kier alpha value is -0.960. The van der Waals surface area contributed by atoms with Gasteiger partial charge in [-0.2, -0.15) is 4.31 Å². The summed E-state index contributed by atoms with van der Waals surface area (Å²) in [7, 11) is -3.44. The predicted molar refractivity (Wildman–Crippen MR) is 83.9 cm³/mol. The van der Waals surface area contributed by atoms with Gasteiger partial charge in [0.15, 0.2) is 5.03 Å². The maximum absolute atomic E-state index is 12.4. The molecule has 0 radical (unpaired) electrons. The lowest BCUT2D eigenvalue weighted by molar-refractivity contribution is 0.126. The first-order valence-electron chi connectivity index (χ1n) is 7.78. The summed E-state index contributed by atoms with van der Waals surface area (Å²) in [5.74, 6) is 0.474. The highest BCUT2D eigenvalue weighted by atomic mass is 32.2. The number of nitrogens with one attached hydrogen (secondary N) is 1. The van der Waals surface area contributed by atoms with E-state index in [-0.39, 0.29) is 11.6 Å². The van der Waals surface area contributed by atoms with E-state index in [0.717, 1.165) is 19.4 Å². The Bertz CT molecular complexity index is 536. The van der Waals surface area contributed by atoms with Gasteiger partial charge in [0.25, 0.3) is 10.0 Å². The van der Waals surface area contributed by atoms with Crippen molar-refractivity contribution >= 4 is 10.0 Å². The number of hydrogen-bond donors (Lipinski definition) is 2. The topological polar surface area (TPSA) is 89.5 Å². The van der Waals surface area contributed by atoms with Crippen LogP contribution >= 0.6 is 0 Å². The van der Waals surface area contributed by atoms with E-state index in [1.807, 2.05) is 0 Å². The summed E-state index contributed by atoms with van der Waals surface area (Å²) < 4.78 is 26.3. The third-order valence-corrected chi connectivity index (χ3v) is 6.10. The maximum atomic E-state index is 12.4. The lowest BCUT2D eigenvalue weighted by atomic mass is 9.97. The van der Waals surface area contributed by atoms with Crippen LogP contribution in [0.3, 0.4) is 0 Å². The molecule has 2 heterocycles. The van der Waals surface area contributed by atoms with E-state index in [4.69, 9.17) is 5.11 Å². The van der Waals surface area contributed by atoms with E-state index in [0.29, 0.717) is 31.6 Å². The molecule has 2 N–H and O–H groups in total. The van der Waals surface area contributed by atoms with Crippen molar-refractivity contribution in [2.75, 3.05) is 32.8 Å². The molecule has 1 aliphatic heterocycles.